The average Bonchev–Trinajstić information content (AvgIpc) is 2.55. The first-order chi connectivity index (χ1) is 10.9. The van der Waals surface area contributed by atoms with Crippen LogP contribution in [0.5, 0.6) is 11.5 Å². The molecule has 2 unspecified atom stereocenters. The Morgan fingerprint density at radius 3 is 1.78 bits per heavy atom. The lowest BCUT2D eigenvalue weighted by Gasteiger charge is -2.19. The minimum Gasteiger partial charge on any atom is -0.478 e. The van der Waals surface area contributed by atoms with E-state index in [1.807, 2.05) is 6.92 Å². The van der Waals surface area contributed by atoms with Gasteiger partial charge in [0.2, 0.25) is 0 Å². The number of methoxy groups -OCH3 is 2. The molecule has 0 aliphatic rings. The third-order valence-electron chi connectivity index (χ3n) is 2.91. The normalized spacial score (nSPS) is 12.9. The number of carbonyl (C=O) groups is 2. The number of esters is 2. The second-order valence-corrected chi connectivity index (χ2v) is 5.86. The van der Waals surface area contributed by atoms with E-state index in [9.17, 15) is 9.59 Å². The fourth-order valence-corrected chi connectivity index (χ4v) is 2.58. The fraction of sp³-hybridized carbons (Fsp3) is 0.500. The third kappa shape index (κ3) is 5.35. The molecule has 1 aromatic carbocycles. The van der Waals surface area contributed by atoms with Crippen LogP contribution in [-0.2, 0) is 19.1 Å². The van der Waals surface area contributed by atoms with Gasteiger partial charge in [-0.2, -0.15) is 0 Å². The molecule has 0 saturated carbocycles. The molecule has 7 heteroatoms. The molecule has 0 heterocycles. The highest BCUT2D eigenvalue weighted by Crippen LogP contribution is 2.38. The Labute approximate surface area is 140 Å². The Morgan fingerprint density at radius 2 is 1.43 bits per heavy atom. The maximum atomic E-state index is 11.5. The van der Waals surface area contributed by atoms with Crippen molar-refractivity contribution in [3.8, 4) is 11.5 Å². The Balaban J connectivity index is 3.05. The minimum absolute atomic E-state index is 0.466. The monoisotopic (exact) mass is 342 g/mol. The van der Waals surface area contributed by atoms with Gasteiger partial charge >= 0.3 is 11.9 Å². The number of rotatable bonds is 8. The van der Waals surface area contributed by atoms with Crippen molar-refractivity contribution in [3.63, 3.8) is 0 Å². The Morgan fingerprint density at radius 1 is 1.00 bits per heavy atom. The molecule has 0 saturated heterocycles. The molecule has 0 fully saturated rings. The quantitative estimate of drug-likeness (QED) is 0.531. The number of carbonyl (C=O) groups excluding carboxylic acids is 2. The average molecular weight is 342 g/mol. The van der Waals surface area contributed by atoms with Crippen molar-refractivity contribution in [2.24, 2.45) is 0 Å². The molecular formula is C16H22O6S. The Bertz CT molecular complexity index is 503. The molecule has 2 atom stereocenters. The highest BCUT2D eigenvalue weighted by atomic mass is 32.2. The van der Waals surface area contributed by atoms with Crippen LogP contribution < -0.4 is 9.47 Å². The highest BCUT2D eigenvalue weighted by Gasteiger charge is 2.21. The molecule has 6 nitrogen and oxygen atoms in total. The zero-order valence-corrected chi connectivity index (χ0v) is 14.8. The van der Waals surface area contributed by atoms with Crippen LogP contribution in [0.15, 0.2) is 23.1 Å². The van der Waals surface area contributed by atoms with Gasteiger partial charge in [-0.05, 0) is 31.7 Å². The standard InChI is InChI=1S/C16H22O6S/c1-6-23-14-12(21-10(2)15(17)19-4)8-7-9-13(14)22-11(3)16(18)20-5/h7-11H,6H2,1-5H3. The summed E-state index contributed by atoms with van der Waals surface area (Å²) in [7, 11) is 2.61. The van der Waals surface area contributed by atoms with Crippen LogP contribution in [0.2, 0.25) is 0 Å². The van der Waals surface area contributed by atoms with Gasteiger partial charge in [-0.3, -0.25) is 0 Å². The van der Waals surface area contributed by atoms with E-state index in [1.54, 1.807) is 32.0 Å². The van der Waals surface area contributed by atoms with Gasteiger partial charge < -0.3 is 18.9 Å². The maximum absolute atomic E-state index is 11.5. The first-order valence-corrected chi connectivity index (χ1v) is 8.17. The molecule has 0 aliphatic heterocycles. The molecule has 128 valence electrons. The molecule has 0 radical (unpaired) electrons. The number of ether oxygens (including phenoxy) is 4. The summed E-state index contributed by atoms with van der Waals surface area (Å²) in [5.74, 6) is 0.850. The molecule has 0 aromatic heterocycles. The summed E-state index contributed by atoms with van der Waals surface area (Å²) < 4.78 is 20.7. The molecule has 0 aliphatic carbocycles. The molecule has 0 bridgehead atoms. The van der Waals surface area contributed by atoms with Crippen LogP contribution in [0, 0.1) is 0 Å². The largest absolute Gasteiger partial charge is 0.478 e. The van der Waals surface area contributed by atoms with E-state index in [4.69, 9.17) is 9.47 Å². The summed E-state index contributed by atoms with van der Waals surface area (Å²) in [6.07, 6.45) is -1.49. The van der Waals surface area contributed by atoms with Crippen LogP contribution in [0.25, 0.3) is 0 Å². The van der Waals surface area contributed by atoms with Crippen LogP contribution in [0.1, 0.15) is 20.8 Å². The zero-order chi connectivity index (χ0) is 17.4. The Hall–Kier alpha value is -1.89. The van der Waals surface area contributed by atoms with Gasteiger partial charge in [0.25, 0.3) is 0 Å². The lowest BCUT2D eigenvalue weighted by Crippen LogP contribution is -2.26. The molecule has 23 heavy (non-hydrogen) atoms. The second-order valence-electron chi connectivity index (χ2n) is 4.58. The van der Waals surface area contributed by atoms with Crippen molar-refractivity contribution in [2.75, 3.05) is 20.0 Å². The molecule has 0 N–H and O–H groups in total. The van der Waals surface area contributed by atoms with E-state index in [2.05, 4.69) is 9.47 Å². The lowest BCUT2D eigenvalue weighted by molar-refractivity contribution is -0.148. The Kier molecular flexibility index (Phi) is 7.74. The number of benzene rings is 1. The van der Waals surface area contributed by atoms with Gasteiger partial charge in [0.05, 0.1) is 19.1 Å². The topological polar surface area (TPSA) is 71.1 Å². The summed E-state index contributed by atoms with van der Waals surface area (Å²) >= 11 is 1.50. The maximum Gasteiger partial charge on any atom is 0.346 e. The van der Waals surface area contributed by atoms with Crippen molar-refractivity contribution in [1.29, 1.82) is 0 Å². The molecule has 1 rings (SSSR count). The van der Waals surface area contributed by atoms with E-state index < -0.39 is 24.1 Å². The van der Waals surface area contributed by atoms with Crippen molar-refractivity contribution >= 4 is 23.7 Å². The third-order valence-corrected chi connectivity index (χ3v) is 3.88. The highest BCUT2D eigenvalue weighted by molar-refractivity contribution is 7.99. The number of hydrogen-bond acceptors (Lipinski definition) is 7. The zero-order valence-electron chi connectivity index (χ0n) is 14.0. The van der Waals surface area contributed by atoms with Crippen molar-refractivity contribution in [3.05, 3.63) is 18.2 Å². The van der Waals surface area contributed by atoms with Crippen LogP contribution >= 0.6 is 11.8 Å². The summed E-state index contributed by atoms with van der Waals surface area (Å²) in [6.45, 7) is 5.20. The smallest absolute Gasteiger partial charge is 0.346 e. The molecular weight excluding hydrogens is 320 g/mol. The SMILES string of the molecule is CCSc1c(OC(C)C(=O)OC)cccc1OC(C)C(=O)OC. The van der Waals surface area contributed by atoms with Gasteiger partial charge in [-0.15, -0.1) is 11.8 Å². The van der Waals surface area contributed by atoms with Crippen LogP contribution in [0.4, 0.5) is 0 Å². The van der Waals surface area contributed by atoms with Crippen LogP contribution in [0.3, 0.4) is 0 Å². The predicted octanol–water partition coefficient (Wildman–Crippen LogP) is 2.68. The van der Waals surface area contributed by atoms with Crippen molar-refractivity contribution in [1.82, 2.24) is 0 Å². The summed E-state index contributed by atoms with van der Waals surface area (Å²) in [5, 5.41) is 0. The van der Waals surface area contributed by atoms with Gasteiger partial charge in [0, 0.05) is 0 Å². The van der Waals surface area contributed by atoms with E-state index >= 15 is 0 Å². The first-order valence-electron chi connectivity index (χ1n) is 7.19. The molecule has 1 aromatic rings. The van der Waals surface area contributed by atoms with E-state index in [0.717, 1.165) is 10.6 Å². The van der Waals surface area contributed by atoms with Gasteiger partial charge in [-0.1, -0.05) is 13.0 Å². The second kappa shape index (κ2) is 9.29. The predicted molar refractivity (Wildman–Crippen MR) is 87.1 cm³/mol. The molecule has 0 amide bonds. The minimum atomic E-state index is -0.746. The number of hydrogen-bond donors (Lipinski definition) is 0. The summed E-state index contributed by atoms with van der Waals surface area (Å²) in [5.41, 5.74) is 0. The van der Waals surface area contributed by atoms with E-state index in [-0.39, 0.29) is 0 Å². The van der Waals surface area contributed by atoms with E-state index in [1.165, 1.54) is 26.0 Å². The van der Waals surface area contributed by atoms with Gasteiger partial charge in [0.15, 0.2) is 12.2 Å². The first kappa shape index (κ1) is 19.2. The summed E-state index contributed by atoms with van der Waals surface area (Å²) in [6, 6.07) is 5.22. The van der Waals surface area contributed by atoms with Crippen molar-refractivity contribution in [2.45, 2.75) is 37.9 Å². The van der Waals surface area contributed by atoms with Crippen molar-refractivity contribution < 1.29 is 28.5 Å². The summed E-state index contributed by atoms with van der Waals surface area (Å²) in [4.78, 5) is 23.8. The lowest BCUT2D eigenvalue weighted by atomic mass is 10.3. The van der Waals surface area contributed by atoms with Gasteiger partial charge in [0.1, 0.15) is 11.5 Å². The van der Waals surface area contributed by atoms with Gasteiger partial charge in [-0.25, -0.2) is 9.59 Å². The van der Waals surface area contributed by atoms with Crippen LogP contribution in [-0.4, -0.2) is 44.1 Å². The fourth-order valence-electron chi connectivity index (χ4n) is 1.78. The molecule has 0 spiro atoms. The number of thioether (sulfide) groups is 1. The van der Waals surface area contributed by atoms with E-state index in [0.29, 0.717) is 11.5 Å².